The lowest BCUT2D eigenvalue weighted by Gasteiger charge is -2.14. The van der Waals surface area contributed by atoms with Gasteiger partial charge in [-0.2, -0.15) is 5.26 Å². The maximum absolute atomic E-state index is 12.7. The van der Waals surface area contributed by atoms with Crippen molar-refractivity contribution >= 4 is 17.6 Å². The van der Waals surface area contributed by atoms with Crippen molar-refractivity contribution in [3.05, 3.63) is 82.7 Å². The number of anilines is 1. The molecular weight excluding hydrogens is 378 g/mol. The predicted molar refractivity (Wildman–Crippen MR) is 115 cm³/mol. The molecule has 0 unspecified atom stereocenters. The lowest BCUT2D eigenvalue weighted by molar-refractivity contribution is -0.123. The summed E-state index contributed by atoms with van der Waals surface area (Å²) >= 11 is 0. The quantitative estimate of drug-likeness (QED) is 0.640. The lowest BCUT2D eigenvalue weighted by atomic mass is 10.2. The summed E-state index contributed by atoms with van der Waals surface area (Å²) in [7, 11) is 0. The standard InChI is InChI=1S/C24H23N3O3/c1-15-5-11-21(12-6-15)27-16(2)13-22(17(27)3)24(29)30-18(4)23(28)26-20-9-7-19(14-25)8-10-20/h5-13,18H,1-4H3,(H,26,28)/t18-/m0/s1. The average Bonchev–Trinajstić information content (AvgIpc) is 3.03. The summed E-state index contributed by atoms with van der Waals surface area (Å²) in [5, 5.41) is 11.5. The van der Waals surface area contributed by atoms with Gasteiger partial charge in [0, 0.05) is 22.8 Å². The molecule has 30 heavy (non-hydrogen) atoms. The van der Waals surface area contributed by atoms with Crippen molar-refractivity contribution in [3.8, 4) is 11.8 Å². The number of esters is 1. The Labute approximate surface area is 175 Å². The third-order valence-corrected chi connectivity index (χ3v) is 4.88. The number of rotatable bonds is 5. The van der Waals surface area contributed by atoms with Gasteiger partial charge < -0.3 is 14.6 Å². The van der Waals surface area contributed by atoms with Gasteiger partial charge >= 0.3 is 5.97 Å². The largest absolute Gasteiger partial charge is 0.449 e. The van der Waals surface area contributed by atoms with Gasteiger partial charge in [-0.15, -0.1) is 0 Å². The van der Waals surface area contributed by atoms with Gasteiger partial charge in [0.1, 0.15) is 0 Å². The SMILES string of the molecule is Cc1ccc(-n2c(C)cc(C(=O)O[C@@H](C)C(=O)Nc3ccc(C#N)cc3)c2C)cc1. The third-order valence-electron chi connectivity index (χ3n) is 4.88. The summed E-state index contributed by atoms with van der Waals surface area (Å²) in [5.74, 6) is -0.996. The van der Waals surface area contributed by atoms with Gasteiger partial charge in [-0.05, 0) is 70.2 Å². The van der Waals surface area contributed by atoms with Gasteiger partial charge in [0.05, 0.1) is 17.2 Å². The van der Waals surface area contributed by atoms with Crippen LogP contribution in [-0.4, -0.2) is 22.5 Å². The first kappa shape index (κ1) is 20.9. The molecule has 3 aromatic rings. The van der Waals surface area contributed by atoms with Crippen LogP contribution in [0.15, 0.2) is 54.6 Å². The van der Waals surface area contributed by atoms with E-state index < -0.39 is 18.0 Å². The first-order valence-electron chi connectivity index (χ1n) is 9.58. The number of hydrogen-bond donors (Lipinski definition) is 1. The Balaban J connectivity index is 1.72. The van der Waals surface area contributed by atoms with E-state index in [4.69, 9.17) is 10.00 Å². The number of nitrogens with zero attached hydrogens (tertiary/aromatic N) is 2. The van der Waals surface area contributed by atoms with Crippen LogP contribution in [0.5, 0.6) is 0 Å². The van der Waals surface area contributed by atoms with Crippen LogP contribution in [0.25, 0.3) is 5.69 Å². The first-order valence-corrected chi connectivity index (χ1v) is 9.58. The summed E-state index contributed by atoms with van der Waals surface area (Å²) < 4.78 is 7.39. The maximum atomic E-state index is 12.7. The van der Waals surface area contributed by atoms with Gasteiger partial charge in [0.2, 0.25) is 0 Å². The number of benzene rings is 2. The van der Waals surface area contributed by atoms with Crippen molar-refractivity contribution < 1.29 is 14.3 Å². The highest BCUT2D eigenvalue weighted by atomic mass is 16.5. The van der Waals surface area contributed by atoms with Gasteiger partial charge in [-0.3, -0.25) is 4.79 Å². The molecule has 1 N–H and O–H groups in total. The Kier molecular flexibility index (Phi) is 6.03. The number of amides is 1. The Morgan fingerprint density at radius 3 is 2.27 bits per heavy atom. The molecule has 0 fully saturated rings. The number of carbonyl (C=O) groups excluding carboxylic acids is 2. The molecule has 0 saturated heterocycles. The van der Waals surface area contributed by atoms with E-state index in [9.17, 15) is 9.59 Å². The van der Waals surface area contributed by atoms with Crippen LogP contribution in [0.1, 0.15) is 39.8 Å². The monoisotopic (exact) mass is 401 g/mol. The number of nitrogens with one attached hydrogen (secondary N) is 1. The molecule has 0 spiro atoms. The van der Waals surface area contributed by atoms with Gasteiger partial charge in [-0.1, -0.05) is 17.7 Å². The molecule has 0 aliphatic carbocycles. The summed E-state index contributed by atoms with van der Waals surface area (Å²) in [6.45, 7) is 7.32. The van der Waals surface area contributed by atoms with E-state index >= 15 is 0 Å². The van der Waals surface area contributed by atoms with E-state index in [2.05, 4.69) is 5.32 Å². The highest BCUT2D eigenvalue weighted by Crippen LogP contribution is 2.22. The molecule has 0 bridgehead atoms. The smallest absolute Gasteiger partial charge is 0.340 e. The molecule has 1 amide bonds. The van der Waals surface area contributed by atoms with E-state index in [1.54, 1.807) is 30.3 Å². The zero-order chi connectivity index (χ0) is 21.8. The van der Waals surface area contributed by atoms with Crippen molar-refractivity contribution in [3.63, 3.8) is 0 Å². The van der Waals surface area contributed by atoms with Crippen molar-refractivity contribution in [1.29, 1.82) is 5.26 Å². The predicted octanol–water partition coefficient (Wildman–Crippen LogP) is 4.46. The van der Waals surface area contributed by atoms with Crippen molar-refractivity contribution in [1.82, 2.24) is 4.57 Å². The number of hydrogen-bond acceptors (Lipinski definition) is 4. The van der Waals surface area contributed by atoms with Crippen LogP contribution < -0.4 is 5.32 Å². The van der Waals surface area contributed by atoms with Gasteiger partial charge in [0.25, 0.3) is 5.91 Å². The Hall–Kier alpha value is -3.85. The molecular formula is C24H23N3O3. The van der Waals surface area contributed by atoms with Gasteiger partial charge in [-0.25, -0.2) is 4.79 Å². The summed E-state index contributed by atoms with van der Waals surface area (Å²) in [5.41, 5.74) is 5.21. The number of aromatic nitrogens is 1. The van der Waals surface area contributed by atoms with Crippen LogP contribution in [0.3, 0.4) is 0 Å². The van der Waals surface area contributed by atoms with Crippen molar-refractivity contribution in [2.24, 2.45) is 0 Å². The van der Waals surface area contributed by atoms with Crippen LogP contribution in [-0.2, 0) is 9.53 Å². The lowest BCUT2D eigenvalue weighted by Crippen LogP contribution is -2.30. The molecule has 1 atom stereocenters. The van der Waals surface area contributed by atoms with Gasteiger partial charge in [0.15, 0.2) is 6.10 Å². The Morgan fingerprint density at radius 2 is 1.67 bits per heavy atom. The fourth-order valence-electron chi connectivity index (χ4n) is 3.21. The highest BCUT2D eigenvalue weighted by Gasteiger charge is 2.23. The topological polar surface area (TPSA) is 84.1 Å². The molecule has 152 valence electrons. The number of aryl methyl sites for hydroxylation is 2. The molecule has 0 saturated carbocycles. The van der Waals surface area contributed by atoms with Crippen molar-refractivity contribution in [2.75, 3.05) is 5.32 Å². The molecule has 0 aliphatic rings. The van der Waals surface area contributed by atoms with E-state index in [-0.39, 0.29) is 0 Å². The number of ether oxygens (including phenoxy) is 1. The molecule has 1 heterocycles. The Morgan fingerprint density at radius 1 is 1.03 bits per heavy atom. The van der Waals surface area contributed by atoms with Crippen LogP contribution in [0, 0.1) is 32.1 Å². The first-order chi connectivity index (χ1) is 14.3. The van der Waals surface area contributed by atoms with Crippen molar-refractivity contribution in [2.45, 2.75) is 33.8 Å². The molecule has 6 nitrogen and oxygen atoms in total. The molecule has 6 heteroatoms. The van der Waals surface area contributed by atoms with E-state index in [0.29, 0.717) is 16.8 Å². The summed E-state index contributed by atoms with van der Waals surface area (Å²) in [6.07, 6.45) is -0.976. The average molecular weight is 401 g/mol. The molecule has 0 aliphatic heterocycles. The molecule has 2 aromatic carbocycles. The maximum Gasteiger partial charge on any atom is 0.340 e. The number of nitriles is 1. The minimum atomic E-state index is -0.976. The zero-order valence-electron chi connectivity index (χ0n) is 17.4. The third kappa shape index (κ3) is 4.41. The summed E-state index contributed by atoms with van der Waals surface area (Å²) in [4.78, 5) is 25.1. The van der Waals surface area contributed by atoms with Crippen LogP contribution in [0.4, 0.5) is 5.69 Å². The molecule has 0 radical (unpaired) electrons. The second-order valence-corrected chi connectivity index (χ2v) is 7.18. The fraction of sp³-hybridized carbons (Fsp3) is 0.208. The van der Waals surface area contributed by atoms with E-state index in [1.807, 2.05) is 55.7 Å². The number of carbonyl (C=O) groups is 2. The second kappa shape index (κ2) is 8.66. The van der Waals surface area contributed by atoms with Crippen LogP contribution in [0.2, 0.25) is 0 Å². The normalized spacial score (nSPS) is 11.4. The van der Waals surface area contributed by atoms with E-state index in [0.717, 1.165) is 22.6 Å². The second-order valence-electron chi connectivity index (χ2n) is 7.18. The Bertz CT molecular complexity index is 1120. The van der Waals surface area contributed by atoms with Crippen LogP contribution >= 0.6 is 0 Å². The fourth-order valence-corrected chi connectivity index (χ4v) is 3.21. The van der Waals surface area contributed by atoms with E-state index in [1.165, 1.54) is 6.92 Å². The summed E-state index contributed by atoms with van der Waals surface area (Å²) in [6, 6.07) is 18.3. The minimum absolute atomic E-state index is 0.422. The molecule has 3 rings (SSSR count). The highest BCUT2D eigenvalue weighted by molar-refractivity contribution is 5.98. The molecule has 1 aromatic heterocycles. The minimum Gasteiger partial charge on any atom is -0.449 e. The zero-order valence-corrected chi connectivity index (χ0v) is 17.4.